The van der Waals surface area contributed by atoms with Crippen molar-refractivity contribution in [2.75, 3.05) is 24.7 Å². The molecule has 0 N–H and O–H groups in total. The number of sulfone groups is 1. The van der Waals surface area contributed by atoms with Crippen LogP contribution in [0.3, 0.4) is 0 Å². The van der Waals surface area contributed by atoms with Crippen LogP contribution in [-0.4, -0.2) is 44.2 Å². The summed E-state index contributed by atoms with van der Waals surface area (Å²) in [6, 6.07) is 17.7. The number of ether oxygens (including phenoxy) is 1. The van der Waals surface area contributed by atoms with Gasteiger partial charge >= 0.3 is 0 Å². The quantitative estimate of drug-likeness (QED) is 0.593. The van der Waals surface area contributed by atoms with Crippen LogP contribution in [0.25, 0.3) is 11.4 Å². The molecule has 0 spiro atoms. The zero-order valence-corrected chi connectivity index (χ0v) is 18.1. The number of aromatic nitrogens is 2. The zero-order valence-electron chi connectivity index (χ0n) is 16.5. The van der Waals surface area contributed by atoms with Gasteiger partial charge in [-0.1, -0.05) is 41.9 Å². The van der Waals surface area contributed by atoms with E-state index in [9.17, 15) is 8.42 Å². The Labute approximate surface area is 181 Å². The number of halogens is 1. The van der Waals surface area contributed by atoms with Crippen LogP contribution in [0.2, 0.25) is 5.02 Å². The van der Waals surface area contributed by atoms with Crippen molar-refractivity contribution in [2.45, 2.75) is 23.6 Å². The van der Waals surface area contributed by atoms with Gasteiger partial charge in [0.1, 0.15) is 5.82 Å². The SMILES string of the molecule is C[C@H]1COCCN1c1cc(CS(=O)(=O)c2ccc(Cl)cc2)nc(-c2ccccc2)n1. The zero-order chi connectivity index (χ0) is 21.1. The van der Waals surface area contributed by atoms with E-state index in [2.05, 4.69) is 16.8 Å². The van der Waals surface area contributed by atoms with E-state index in [1.165, 1.54) is 12.1 Å². The minimum atomic E-state index is -3.58. The van der Waals surface area contributed by atoms with Crippen molar-refractivity contribution < 1.29 is 13.2 Å². The van der Waals surface area contributed by atoms with Crippen molar-refractivity contribution in [3.05, 3.63) is 71.4 Å². The third-order valence-corrected chi connectivity index (χ3v) is 6.89. The molecule has 0 amide bonds. The lowest BCUT2D eigenvalue weighted by Gasteiger charge is -2.34. The summed E-state index contributed by atoms with van der Waals surface area (Å²) in [6.45, 7) is 3.96. The molecule has 3 aromatic rings. The number of hydrogen-bond acceptors (Lipinski definition) is 6. The molecule has 1 aliphatic heterocycles. The van der Waals surface area contributed by atoms with Crippen LogP contribution >= 0.6 is 11.6 Å². The van der Waals surface area contributed by atoms with Gasteiger partial charge in [-0.25, -0.2) is 18.4 Å². The summed E-state index contributed by atoms with van der Waals surface area (Å²) in [7, 11) is -3.58. The number of morpholine rings is 1. The van der Waals surface area contributed by atoms with Crippen LogP contribution in [0.5, 0.6) is 0 Å². The van der Waals surface area contributed by atoms with E-state index in [0.29, 0.717) is 42.1 Å². The fourth-order valence-electron chi connectivity index (χ4n) is 3.41. The van der Waals surface area contributed by atoms with Gasteiger partial charge < -0.3 is 9.64 Å². The molecule has 0 unspecified atom stereocenters. The van der Waals surface area contributed by atoms with E-state index < -0.39 is 9.84 Å². The molecule has 1 aliphatic rings. The Kier molecular flexibility index (Phi) is 6.04. The highest BCUT2D eigenvalue weighted by atomic mass is 35.5. The highest BCUT2D eigenvalue weighted by Crippen LogP contribution is 2.25. The predicted molar refractivity (Wildman–Crippen MR) is 117 cm³/mol. The highest BCUT2D eigenvalue weighted by molar-refractivity contribution is 7.90. The molecular weight excluding hydrogens is 422 g/mol. The molecule has 0 aliphatic carbocycles. The molecule has 2 heterocycles. The first-order valence-corrected chi connectivity index (χ1v) is 11.7. The summed E-state index contributed by atoms with van der Waals surface area (Å²) >= 11 is 5.90. The topological polar surface area (TPSA) is 72.4 Å². The Balaban J connectivity index is 1.74. The largest absolute Gasteiger partial charge is 0.377 e. The molecule has 30 heavy (non-hydrogen) atoms. The second kappa shape index (κ2) is 8.71. The van der Waals surface area contributed by atoms with Gasteiger partial charge in [-0.15, -0.1) is 0 Å². The Morgan fingerprint density at radius 3 is 2.53 bits per heavy atom. The van der Waals surface area contributed by atoms with E-state index >= 15 is 0 Å². The fourth-order valence-corrected chi connectivity index (χ4v) is 4.79. The first-order chi connectivity index (χ1) is 14.4. The van der Waals surface area contributed by atoms with Crippen molar-refractivity contribution in [2.24, 2.45) is 0 Å². The molecule has 1 aromatic heterocycles. The van der Waals surface area contributed by atoms with Crippen molar-refractivity contribution >= 4 is 27.3 Å². The van der Waals surface area contributed by atoms with Gasteiger partial charge in [-0.3, -0.25) is 0 Å². The van der Waals surface area contributed by atoms with Gasteiger partial charge in [0.2, 0.25) is 0 Å². The van der Waals surface area contributed by atoms with Crippen molar-refractivity contribution in [1.29, 1.82) is 0 Å². The van der Waals surface area contributed by atoms with Gasteiger partial charge in [0, 0.05) is 23.2 Å². The standard InChI is InChI=1S/C22H22ClN3O3S/c1-16-14-29-12-11-26(16)21-13-19(24-22(25-21)17-5-3-2-4-6-17)15-30(27,28)20-9-7-18(23)8-10-20/h2-10,13,16H,11-12,14-15H2,1H3/t16-/m0/s1. The van der Waals surface area contributed by atoms with E-state index in [0.717, 1.165) is 5.56 Å². The van der Waals surface area contributed by atoms with Crippen LogP contribution in [0.4, 0.5) is 5.82 Å². The van der Waals surface area contributed by atoms with Crippen LogP contribution in [0.15, 0.2) is 65.6 Å². The smallest absolute Gasteiger partial charge is 0.184 e. The Morgan fingerprint density at radius 2 is 1.83 bits per heavy atom. The molecule has 6 nitrogen and oxygen atoms in total. The fraction of sp³-hybridized carbons (Fsp3) is 0.273. The second-order valence-corrected chi connectivity index (χ2v) is 9.66. The Morgan fingerprint density at radius 1 is 1.10 bits per heavy atom. The lowest BCUT2D eigenvalue weighted by atomic mass is 10.2. The van der Waals surface area contributed by atoms with Crippen molar-refractivity contribution in [3.8, 4) is 11.4 Å². The Bertz CT molecular complexity index is 1120. The van der Waals surface area contributed by atoms with Crippen LogP contribution in [0.1, 0.15) is 12.6 Å². The van der Waals surface area contributed by atoms with E-state index in [1.54, 1.807) is 18.2 Å². The normalized spacial score (nSPS) is 17.1. The van der Waals surface area contributed by atoms with Crippen molar-refractivity contribution in [3.63, 3.8) is 0 Å². The minimum Gasteiger partial charge on any atom is -0.377 e. The summed E-state index contributed by atoms with van der Waals surface area (Å²) in [5.41, 5.74) is 1.29. The molecule has 0 bridgehead atoms. The number of hydrogen-bond donors (Lipinski definition) is 0. The second-order valence-electron chi connectivity index (χ2n) is 7.24. The predicted octanol–water partition coefficient (Wildman–Crippen LogP) is 4.00. The first kappa shape index (κ1) is 20.8. The monoisotopic (exact) mass is 443 g/mol. The van der Waals surface area contributed by atoms with E-state index in [-0.39, 0.29) is 16.7 Å². The maximum atomic E-state index is 13.0. The van der Waals surface area contributed by atoms with Crippen LogP contribution in [0, 0.1) is 0 Å². The third kappa shape index (κ3) is 4.64. The van der Waals surface area contributed by atoms with E-state index in [4.69, 9.17) is 21.3 Å². The number of anilines is 1. The summed E-state index contributed by atoms with van der Waals surface area (Å²) < 4.78 is 31.5. The molecule has 0 radical (unpaired) electrons. The number of benzene rings is 2. The molecule has 156 valence electrons. The van der Waals surface area contributed by atoms with Gasteiger partial charge in [-0.05, 0) is 31.2 Å². The molecular formula is C22H22ClN3O3S. The average Bonchev–Trinajstić information content (AvgIpc) is 2.74. The van der Waals surface area contributed by atoms with Crippen LogP contribution < -0.4 is 4.90 Å². The lowest BCUT2D eigenvalue weighted by molar-refractivity contribution is 0.0985. The summed E-state index contributed by atoms with van der Waals surface area (Å²) in [6.07, 6.45) is 0. The molecule has 4 rings (SSSR count). The van der Waals surface area contributed by atoms with Gasteiger partial charge in [0.25, 0.3) is 0 Å². The molecule has 1 saturated heterocycles. The molecule has 1 fully saturated rings. The number of rotatable bonds is 5. The van der Waals surface area contributed by atoms with Gasteiger partial charge in [-0.2, -0.15) is 0 Å². The molecule has 0 saturated carbocycles. The third-order valence-electron chi connectivity index (χ3n) is 4.97. The molecule has 1 atom stereocenters. The summed E-state index contributed by atoms with van der Waals surface area (Å²) in [5, 5.41) is 0.492. The lowest BCUT2D eigenvalue weighted by Crippen LogP contribution is -2.44. The maximum absolute atomic E-state index is 13.0. The van der Waals surface area contributed by atoms with Gasteiger partial charge in [0.15, 0.2) is 15.7 Å². The molecule has 2 aromatic carbocycles. The van der Waals surface area contributed by atoms with Crippen LogP contribution in [-0.2, 0) is 20.3 Å². The first-order valence-electron chi connectivity index (χ1n) is 9.68. The number of nitrogens with zero attached hydrogens (tertiary/aromatic N) is 3. The Hall–Kier alpha value is -2.48. The van der Waals surface area contributed by atoms with Gasteiger partial charge in [0.05, 0.1) is 35.6 Å². The summed E-state index contributed by atoms with van der Waals surface area (Å²) in [4.78, 5) is 11.7. The minimum absolute atomic E-state index is 0.137. The average molecular weight is 444 g/mol. The van der Waals surface area contributed by atoms with E-state index in [1.807, 2.05) is 30.3 Å². The molecule has 8 heteroatoms. The van der Waals surface area contributed by atoms with Crippen molar-refractivity contribution in [1.82, 2.24) is 9.97 Å². The maximum Gasteiger partial charge on any atom is 0.184 e. The summed E-state index contributed by atoms with van der Waals surface area (Å²) in [5.74, 6) is 0.997. The highest BCUT2D eigenvalue weighted by Gasteiger charge is 2.23.